The van der Waals surface area contributed by atoms with Crippen LogP contribution >= 0.6 is 15.9 Å². The third-order valence-corrected chi connectivity index (χ3v) is 1.68. The van der Waals surface area contributed by atoms with Crippen molar-refractivity contribution in [3.63, 3.8) is 0 Å². The Labute approximate surface area is 71.6 Å². The van der Waals surface area contributed by atoms with Crippen molar-refractivity contribution in [2.75, 3.05) is 18.5 Å². The van der Waals surface area contributed by atoms with Crippen LogP contribution in [-0.4, -0.2) is 18.5 Å². The van der Waals surface area contributed by atoms with E-state index in [0.717, 1.165) is 25.0 Å². The summed E-state index contributed by atoms with van der Waals surface area (Å²) < 4.78 is 5.27. The number of unbranched alkanes of at least 4 members (excludes halogenated alkanes) is 1. The third-order valence-electron chi connectivity index (χ3n) is 1.12. The molecule has 1 nitrogen and oxygen atoms in total. The minimum atomic E-state index is 0.763. The molecular weight excluding hydrogens is 192 g/mol. The minimum Gasteiger partial charge on any atom is -0.377 e. The highest BCUT2D eigenvalue weighted by atomic mass is 79.9. The van der Waals surface area contributed by atoms with Crippen LogP contribution in [-0.2, 0) is 4.74 Å². The predicted molar refractivity (Wildman–Crippen MR) is 48.7 cm³/mol. The van der Waals surface area contributed by atoms with Crippen LogP contribution in [0.2, 0.25) is 0 Å². The minimum absolute atomic E-state index is 0.763. The zero-order valence-electron chi connectivity index (χ0n) is 6.48. The van der Waals surface area contributed by atoms with Gasteiger partial charge in [0.05, 0.1) is 6.61 Å². The molecule has 0 radical (unpaired) electrons. The summed E-state index contributed by atoms with van der Waals surface area (Å²) >= 11 is 3.36. The second kappa shape index (κ2) is 9.18. The predicted octanol–water partition coefficient (Wildman–Crippen LogP) is 2.75. The van der Waals surface area contributed by atoms with Gasteiger partial charge in [0.2, 0.25) is 0 Å². The smallest absolute Gasteiger partial charge is 0.0647 e. The van der Waals surface area contributed by atoms with Gasteiger partial charge in [-0.1, -0.05) is 28.1 Å². The molecule has 0 atom stereocenters. The molecule has 0 aliphatic heterocycles. The third kappa shape index (κ3) is 8.18. The van der Waals surface area contributed by atoms with Gasteiger partial charge >= 0.3 is 0 Å². The number of allylic oxidation sites excluding steroid dienone is 1. The van der Waals surface area contributed by atoms with E-state index in [9.17, 15) is 0 Å². The lowest BCUT2D eigenvalue weighted by atomic mass is 10.4. The number of hydrogen-bond acceptors (Lipinski definition) is 1. The summed E-state index contributed by atoms with van der Waals surface area (Å²) in [5.74, 6) is 0. The molecule has 0 rings (SSSR count). The molecule has 0 saturated carbocycles. The standard InChI is InChI=1S/C8H15BrO/c1-2-3-7-10-8-5-4-6-9/h2-3H,4-8H2,1H3/b3-2-. The van der Waals surface area contributed by atoms with Crippen molar-refractivity contribution >= 4 is 15.9 Å². The summed E-state index contributed by atoms with van der Waals surface area (Å²) in [4.78, 5) is 0. The van der Waals surface area contributed by atoms with Crippen LogP contribution in [0, 0.1) is 0 Å². The van der Waals surface area contributed by atoms with Crippen molar-refractivity contribution in [1.29, 1.82) is 0 Å². The van der Waals surface area contributed by atoms with Crippen molar-refractivity contribution in [1.82, 2.24) is 0 Å². The lowest BCUT2D eigenvalue weighted by Gasteiger charge is -1.97. The Morgan fingerprint density at radius 3 is 2.80 bits per heavy atom. The molecule has 0 amide bonds. The molecule has 0 aromatic rings. The maximum Gasteiger partial charge on any atom is 0.0647 e. The zero-order valence-corrected chi connectivity index (χ0v) is 8.06. The van der Waals surface area contributed by atoms with Crippen LogP contribution in [0.4, 0.5) is 0 Å². The number of hydrogen-bond donors (Lipinski definition) is 0. The average molecular weight is 207 g/mol. The van der Waals surface area contributed by atoms with E-state index in [1.165, 1.54) is 6.42 Å². The molecule has 0 unspecified atom stereocenters. The molecule has 0 spiro atoms. The van der Waals surface area contributed by atoms with Gasteiger partial charge in [0.15, 0.2) is 0 Å². The van der Waals surface area contributed by atoms with Crippen LogP contribution < -0.4 is 0 Å². The van der Waals surface area contributed by atoms with Crippen molar-refractivity contribution in [2.45, 2.75) is 19.8 Å². The summed E-state index contributed by atoms with van der Waals surface area (Å²) in [7, 11) is 0. The highest BCUT2D eigenvalue weighted by molar-refractivity contribution is 9.09. The maximum absolute atomic E-state index is 5.27. The zero-order chi connectivity index (χ0) is 7.66. The van der Waals surface area contributed by atoms with E-state index < -0.39 is 0 Å². The number of halogens is 1. The molecule has 60 valence electrons. The van der Waals surface area contributed by atoms with Gasteiger partial charge in [-0.3, -0.25) is 0 Å². The van der Waals surface area contributed by atoms with Gasteiger partial charge in [-0.2, -0.15) is 0 Å². The summed E-state index contributed by atoms with van der Waals surface area (Å²) in [6, 6.07) is 0. The molecule has 0 aromatic carbocycles. The molecule has 10 heavy (non-hydrogen) atoms. The molecular formula is C8H15BrO. The van der Waals surface area contributed by atoms with E-state index in [1.54, 1.807) is 0 Å². The van der Waals surface area contributed by atoms with E-state index >= 15 is 0 Å². The van der Waals surface area contributed by atoms with Crippen LogP contribution in [0.25, 0.3) is 0 Å². The quantitative estimate of drug-likeness (QED) is 0.369. The first kappa shape index (κ1) is 10.2. The van der Waals surface area contributed by atoms with E-state index in [-0.39, 0.29) is 0 Å². The molecule has 0 aromatic heterocycles. The van der Waals surface area contributed by atoms with E-state index in [2.05, 4.69) is 15.9 Å². The van der Waals surface area contributed by atoms with E-state index in [4.69, 9.17) is 4.74 Å². The maximum atomic E-state index is 5.27. The Bertz CT molecular complexity index is 81.3. The van der Waals surface area contributed by atoms with Crippen LogP contribution in [0.3, 0.4) is 0 Å². The molecule has 0 aliphatic carbocycles. The average Bonchev–Trinajstić information content (AvgIpc) is 1.97. The molecule has 0 saturated heterocycles. The van der Waals surface area contributed by atoms with Crippen LogP contribution in [0.5, 0.6) is 0 Å². The number of ether oxygens (including phenoxy) is 1. The van der Waals surface area contributed by atoms with Gasteiger partial charge in [-0.15, -0.1) is 0 Å². The molecule has 2 heteroatoms. The Kier molecular flexibility index (Phi) is 9.35. The van der Waals surface area contributed by atoms with E-state index in [0.29, 0.717) is 0 Å². The molecule has 0 fully saturated rings. The molecule has 0 N–H and O–H groups in total. The van der Waals surface area contributed by atoms with Gasteiger partial charge in [-0.05, 0) is 19.8 Å². The fraction of sp³-hybridized carbons (Fsp3) is 0.750. The van der Waals surface area contributed by atoms with Gasteiger partial charge in [0, 0.05) is 11.9 Å². The first-order chi connectivity index (χ1) is 4.91. The lowest BCUT2D eigenvalue weighted by molar-refractivity contribution is 0.159. The summed E-state index contributed by atoms with van der Waals surface area (Å²) in [6.07, 6.45) is 6.39. The SMILES string of the molecule is C/C=C\COCCCCBr. The van der Waals surface area contributed by atoms with Gasteiger partial charge in [-0.25, -0.2) is 0 Å². The molecule has 0 aliphatic rings. The van der Waals surface area contributed by atoms with Crippen molar-refractivity contribution in [2.24, 2.45) is 0 Å². The van der Waals surface area contributed by atoms with Crippen molar-refractivity contribution in [3.8, 4) is 0 Å². The highest BCUT2D eigenvalue weighted by Crippen LogP contribution is 1.93. The van der Waals surface area contributed by atoms with Crippen molar-refractivity contribution in [3.05, 3.63) is 12.2 Å². The second-order valence-corrected chi connectivity index (χ2v) is 2.83. The van der Waals surface area contributed by atoms with E-state index in [1.807, 2.05) is 19.1 Å². The molecule has 0 bridgehead atoms. The summed E-state index contributed by atoms with van der Waals surface area (Å²) in [6.45, 7) is 3.65. The Balaban J connectivity index is 2.77. The summed E-state index contributed by atoms with van der Waals surface area (Å²) in [5.41, 5.74) is 0. The van der Waals surface area contributed by atoms with Gasteiger partial charge in [0.25, 0.3) is 0 Å². The topological polar surface area (TPSA) is 9.23 Å². The second-order valence-electron chi connectivity index (χ2n) is 2.04. The fourth-order valence-electron chi connectivity index (χ4n) is 0.546. The summed E-state index contributed by atoms with van der Waals surface area (Å²) in [5, 5.41) is 1.08. The Morgan fingerprint density at radius 2 is 2.20 bits per heavy atom. The fourth-order valence-corrected chi connectivity index (χ4v) is 0.943. The highest BCUT2D eigenvalue weighted by Gasteiger charge is 1.84. The van der Waals surface area contributed by atoms with Crippen LogP contribution in [0.15, 0.2) is 12.2 Å². The number of alkyl halides is 1. The monoisotopic (exact) mass is 206 g/mol. The Morgan fingerprint density at radius 1 is 1.40 bits per heavy atom. The molecule has 0 heterocycles. The normalized spacial score (nSPS) is 11.0. The first-order valence-corrected chi connectivity index (χ1v) is 4.79. The van der Waals surface area contributed by atoms with Gasteiger partial charge < -0.3 is 4.74 Å². The number of rotatable bonds is 6. The lowest BCUT2D eigenvalue weighted by Crippen LogP contribution is -1.94. The van der Waals surface area contributed by atoms with Crippen molar-refractivity contribution < 1.29 is 4.74 Å². The largest absolute Gasteiger partial charge is 0.377 e. The first-order valence-electron chi connectivity index (χ1n) is 3.66. The Hall–Kier alpha value is 0.180. The van der Waals surface area contributed by atoms with Crippen LogP contribution in [0.1, 0.15) is 19.8 Å². The van der Waals surface area contributed by atoms with Gasteiger partial charge in [0.1, 0.15) is 0 Å².